The van der Waals surface area contributed by atoms with Crippen LogP contribution in [0.15, 0.2) is 24.3 Å². The van der Waals surface area contributed by atoms with Crippen LogP contribution in [0.3, 0.4) is 0 Å². The first-order chi connectivity index (χ1) is 20.6. The average Bonchev–Trinajstić information content (AvgIpc) is 3.33. The summed E-state index contributed by atoms with van der Waals surface area (Å²) in [5.41, 5.74) is 3.27. The Bertz CT molecular complexity index is 1290. The fourth-order valence-corrected chi connectivity index (χ4v) is 5.61. The average molecular weight is 598 g/mol. The molecule has 0 saturated carbocycles. The molecule has 0 radical (unpaired) electrons. The van der Waals surface area contributed by atoms with E-state index in [4.69, 9.17) is 14.6 Å². The number of carbonyl (C=O) groups is 5. The van der Waals surface area contributed by atoms with Crippen LogP contribution in [0.1, 0.15) is 88.4 Å². The number of fused-ring (bicyclic) bond motifs is 1. The Labute approximate surface area is 252 Å². The molecule has 2 N–H and O–H groups in total. The van der Waals surface area contributed by atoms with Gasteiger partial charge in [0.05, 0.1) is 12.7 Å². The quantitative estimate of drug-likeness (QED) is 0.394. The van der Waals surface area contributed by atoms with Gasteiger partial charge in [0.15, 0.2) is 5.69 Å². The molecule has 0 spiro atoms. The number of esters is 1. The van der Waals surface area contributed by atoms with Gasteiger partial charge in [-0.15, -0.1) is 0 Å². The normalized spacial score (nSPS) is 17.7. The van der Waals surface area contributed by atoms with Crippen LogP contribution in [0.5, 0.6) is 0 Å². The number of hydrogen-bond donors (Lipinski definition) is 2. The predicted molar refractivity (Wildman–Crippen MR) is 159 cm³/mol. The highest BCUT2D eigenvalue weighted by Crippen LogP contribution is 2.28. The van der Waals surface area contributed by atoms with Crippen molar-refractivity contribution in [3.8, 4) is 0 Å². The van der Waals surface area contributed by atoms with Gasteiger partial charge in [-0.3, -0.25) is 23.9 Å². The van der Waals surface area contributed by atoms with Crippen molar-refractivity contribution < 1.29 is 33.8 Å². The van der Waals surface area contributed by atoms with E-state index in [9.17, 15) is 19.2 Å². The summed E-state index contributed by atoms with van der Waals surface area (Å²) in [5.74, 6) is -0.307. The molecule has 4 rings (SSSR count). The fraction of sp³-hybridized carbons (Fsp3) is 0.548. The largest absolute Gasteiger partial charge is 0.483 e. The second-order valence-corrected chi connectivity index (χ2v) is 11.2. The zero-order valence-corrected chi connectivity index (χ0v) is 25.5. The van der Waals surface area contributed by atoms with E-state index in [-0.39, 0.29) is 30.2 Å². The first-order valence-electron chi connectivity index (χ1n) is 14.8. The standard InChI is InChI=1S/C30H41N5O5.CH2O2/c1-20(2)14-18-35-23-12-13-25-24(19-23)27(32-33(25)3)28(37)31-15-6-17-34(16-5-7-26(35)36)29(38)21-8-10-22(11-9-21)30(39)40-4;2-1-3/h8-11,20,23H,5-7,12-19H2,1-4H3,(H,31,37);1H,(H,2,3). The Morgan fingerprint density at radius 1 is 1.12 bits per heavy atom. The van der Waals surface area contributed by atoms with E-state index in [0.29, 0.717) is 74.6 Å². The van der Waals surface area contributed by atoms with Gasteiger partial charge in [-0.2, -0.15) is 5.10 Å². The first-order valence-corrected chi connectivity index (χ1v) is 14.8. The number of aromatic nitrogens is 2. The van der Waals surface area contributed by atoms with Gasteiger partial charge in [-0.1, -0.05) is 13.8 Å². The topological polar surface area (TPSA) is 151 Å². The van der Waals surface area contributed by atoms with Crippen LogP contribution < -0.4 is 5.32 Å². The monoisotopic (exact) mass is 597 g/mol. The van der Waals surface area contributed by atoms with Crippen molar-refractivity contribution in [3.05, 3.63) is 52.3 Å². The Kier molecular flexibility index (Phi) is 12.3. The number of carbonyl (C=O) groups excluding carboxylic acids is 4. The third-order valence-electron chi connectivity index (χ3n) is 7.90. The minimum absolute atomic E-state index is 0.0192. The third-order valence-corrected chi connectivity index (χ3v) is 7.90. The van der Waals surface area contributed by atoms with E-state index >= 15 is 0 Å². The van der Waals surface area contributed by atoms with E-state index in [1.807, 2.05) is 11.9 Å². The Morgan fingerprint density at radius 3 is 2.42 bits per heavy atom. The number of aryl methyl sites for hydroxylation is 1. The van der Waals surface area contributed by atoms with Gasteiger partial charge >= 0.3 is 5.97 Å². The maximum Gasteiger partial charge on any atom is 0.337 e. The van der Waals surface area contributed by atoms with Crippen LogP contribution >= 0.6 is 0 Å². The van der Waals surface area contributed by atoms with Crippen molar-refractivity contribution in [2.24, 2.45) is 13.0 Å². The van der Waals surface area contributed by atoms with Gasteiger partial charge in [0.1, 0.15) is 0 Å². The molecule has 43 heavy (non-hydrogen) atoms. The van der Waals surface area contributed by atoms with E-state index in [0.717, 1.165) is 30.5 Å². The molecule has 2 bridgehead atoms. The molecule has 0 saturated heterocycles. The summed E-state index contributed by atoms with van der Waals surface area (Å²) in [4.78, 5) is 64.1. The van der Waals surface area contributed by atoms with Gasteiger partial charge in [0.2, 0.25) is 5.91 Å². The third kappa shape index (κ3) is 8.65. The predicted octanol–water partition coefficient (Wildman–Crippen LogP) is 2.70. The van der Waals surface area contributed by atoms with Gasteiger partial charge in [-0.25, -0.2) is 4.79 Å². The molecular weight excluding hydrogens is 554 g/mol. The molecule has 1 unspecified atom stereocenters. The van der Waals surface area contributed by atoms with Crippen LogP contribution in [0, 0.1) is 5.92 Å². The second-order valence-electron chi connectivity index (χ2n) is 11.2. The van der Waals surface area contributed by atoms with Crippen LogP contribution in [0.25, 0.3) is 0 Å². The number of amides is 3. The van der Waals surface area contributed by atoms with E-state index in [1.54, 1.807) is 33.8 Å². The fourth-order valence-electron chi connectivity index (χ4n) is 5.61. The lowest BCUT2D eigenvalue weighted by molar-refractivity contribution is -0.134. The molecule has 3 amide bonds. The summed E-state index contributed by atoms with van der Waals surface area (Å²) in [6.45, 7) is 5.98. The summed E-state index contributed by atoms with van der Waals surface area (Å²) >= 11 is 0. The smallest absolute Gasteiger partial charge is 0.337 e. The number of ether oxygens (including phenoxy) is 1. The summed E-state index contributed by atoms with van der Waals surface area (Å²) < 4.78 is 6.55. The van der Waals surface area contributed by atoms with Crippen molar-refractivity contribution in [2.75, 3.05) is 33.3 Å². The molecule has 234 valence electrons. The Hall–Kier alpha value is -4.22. The first kappa shape index (κ1) is 33.3. The molecule has 2 aliphatic rings. The number of methoxy groups -OCH3 is 1. The molecule has 2 aromatic rings. The Balaban J connectivity index is 0.00000162. The number of carboxylic acid groups (broad SMARTS) is 1. The minimum atomic E-state index is -0.463. The maximum absolute atomic E-state index is 13.6. The van der Waals surface area contributed by atoms with Gasteiger partial charge in [-0.05, 0) is 68.7 Å². The number of benzene rings is 1. The van der Waals surface area contributed by atoms with Gasteiger partial charge in [0, 0.05) is 62.5 Å². The number of rotatable bonds is 5. The summed E-state index contributed by atoms with van der Waals surface area (Å²) in [7, 11) is 3.19. The van der Waals surface area contributed by atoms with Crippen molar-refractivity contribution in [3.63, 3.8) is 0 Å². The summed E-state index contributed by atoms with van der Waals surface area (Å²) in [6.07, 6.45) is 4.60. The Morgan fingerprint density at radius 2 is 1.77 bits per heavy atom. The molecule has 1 aliphatic heterocycles. The molecule has 1 aromatic carbocycles. The second kappa shape index (κ2) is 15.9. The van der Waals surface area contributed by atoms with E-state index < -0.39 is 5.97 Å². The number of hydrogen-bond acceptors (Lipinski definition) is 7. The molecule has 12 nitrogen and oxygen atoms in total. The molecule has 1 aromatic heterocycles. The van der Waals surface area contributed by atoms with Gasteiger partial charge < -0.3 is 25.0 Å². The SMILES string of the molecule is COC(=O)c1ccc(C(=O)N2CCCNC(=O)c3nn(C)c4c3CC(CC4)N(CCC(C)C)C(=O)CCC2)cc1.O=CO. The lowest BCUT2D eigenvalue weighted by Gasteiger charge is -2.35. The van der Waals surface area contributed by atoms with Crippen molar-refractivity contribution in [1.82, 2.24) is 24.9 Å². The number of nitrogens with zero attached hydrogens (tertiary/aromatic N) is 4. The molecule has 0 fully saturated rings. The van der Waals surface area contributed by atoms with E-state index in [1.165, 1.54) is 7.11 Å². The van der Waals surface area contributed by atoms with E-state index in [2.05, 4.69) is 24.3 Å². The summed E-state index contributed by atoms with van der Waals surface area (Å²) in [6, 6.07) is 6.40. The van der Waals surface area contributed by atoms with Crippen molar-refractivity contribution in [2.45, 2.75) is 64.8 Å². The highest BCUT2D eigenvalue weighted by atomic mass is 16.5. The lowest BCUT2D eigenvalue weighted by atomic mass is 9.89. The molecular formula is C31H43N5O7. The van der Waals surface area contributed by atoms with Crippen molar-refractivity contribution >= 4 is 30.2 Å². The van der Waals surface area contributed by atoms with Crippen molar-refractivity contribution in [1.29, 1.82) is 0 Å². The zero-order chi connectivity index (χ0) is 31.5. The molecule has 2 heterocycles. The number of nitrogens with one attached hydrogen (secondary N) is 1. The highest BCUT2D eigenvalue weighted by molar-refractivity contribution is 5.96. The molecule has 1 aliphatic carbocycles. The molecule has 12 heteroatoms. The summed E-state index contributed by atoms with van der Waals surface area (Å²) in [5, 5.41) is 14.4. The zero-order valence-electron chi connectivity index (χ0n) is 25.5. The van der Waals surface area contributed by atoms with Crippen LogP contribution in [-0.4, -0.2) is 94.2 Å². The van der Waals surface area contributed by atoms with Crippen LogP contribution in [0.2, 0.25) is 0 Å². The maximum atomic E-state index is 13.6. The lowest BCUT2D eigenvalue weighted by Crippen LogP contribution is -2.45. The molecule has 1 atom stereocenters. The van der Waals surface area contributed by atoms with Gasteiger partial charge in [0.25, 0.3) is 18.3 Å². The van der Waals surface area contributed by atoms with Crippen LogP contribution in [0.4, 0.5) is 0 Å². The van der Waals surface area contributed by atoms with Crippen LogP contribution in [-0.2, 0) is 34.2 Å². The minimum Gasteiger partial charge on any atom is -0.483 e. The highest BCUT2D eigenvalue weighted by Gasteiger charge is 2.33.